The third-order valence-corrected chi connectivity index (χ3v) is 3.22. The summed E-state index contributed by atoms with van der Waals surface area (Å²) in [6, 6.07) is 2.65. The minimum absolute atomic E-state index is 0.170. The molecule has 0 bridgehead atoms. The Morgan fingerprint density at radius 2 is 1.79 bits per heavy atom. The Labute approximate surface area is 107 Å². The first-order chi connectivity index (χ1) is 8.95. The molecular formula is C12H14F2O5. The summed E-state index contributed by atoms with van der Waals surface area (Å²) in [6.07, 6.45) is -5.80. The van der Waals surface area contributed by atoms with Gasteiger partial charge < -0.3 is 25.2 Å². The van der Waals surface area contributed by atoms with Gasteiger partial charge in [-0.1, -0.05) is 6.07 Å². The molecule has 0 saturated carbocycles. The van der Waals surface area contributed by atoms with E-state index in [1.807, 2.05) is 0 Å². The van der Waals surface area contributed by atoms with Crippen LogP contribution in [0.2, 0.25) is 0 Å². The number of halogens is 2. The Kier molecular flexibility index (Phi) is 4.12. The van der Waals surface area contributed by atoms with Gasteiger partial charge in [0.05, 0.1) is 18.6 Å². The Hall–Kier alpha value is -1.12. The maximum absolute atomic E-state index is 13.6. The molecule has 1 heterocycles. The molecule has 4 N–H and O–H groups in total. The SMILES string of the molecule is OC[C@H]1OC(O)[C@H](c2ccc(F)cc2F)[C@@H](O)[C@H]1O. The van der Waals surface area contributed by atoms with Crippen molar-refractivity contribution >= 4 is 0 Å². The normalized spacial score (nSPS) is 35.4. The highest BCUT2D eigenvalue weighted by molar-refractivity contribution is 5.25. The minimum Gasteiger partial charge on any atom is -0.394 e. The van der Waals surface area contributed by atoms with E-state index in [2.05, 4.69) is 0 Å². The maximum Gasteiger partial charge on any atom is 0.164 e. The maximum atomic E-state index is 13.6. The van der Waals surface area contributed by atoms with Crippen molar-refractivity contribution in [2.24, 2.45) is 0 Å². The van der Waals surface area contributed by atoms with E-state index >= 15 is 0 Å². The molecule has 2 rings (SSSR count). The van der Waals surface area contributed by atoms with Gasteiger partial charge in [-0.2, -0.15) is 0 Å². The van der Waals surface area contributed by atoms with Gasteiger partial charge >= 0.3 is 0 Å². The van der Waals surface area contributed by atoms with Crippen LogP contribution in [-0.2, 0) is 4.74 Å². The summed E-state index contributed by atoms with van der Waals surface area (Å²) in [5, 5.41) is 38.2. The molecule has 1 saturated heterocycles. The molecule has 0 spiro atoms. The van der Waals surface area contributed by atoms with E-state index in [1.165, 1.54) is 0 Å². The van der Waals surface area contributed by atoms with E-state index in [9.17, 15) is 24.1 Å². The second kappa shape index (κ2) is 5.48. The van der Waals surface area contributed by atoms with E-state index in [1.54, 1.807) is 0 Å². The molecule has 0 amide bonds. The van der Waals surface area contributed by atoms with Gasteiger partial charge in [0, 0.05) is 6.07 Å². The summed E-state index contributed by atoms with van der Waals surface area (Å²) in [5.74, 6) is -3.02. The highest BCUT2D eigenvalue weighted by atomic mass is 19.1. The zero-order valence-corrected chi connectivity index (χ0v) is 9.78. The fourth-order valence-corrected chi connectivity index (χ4v) is 2.21. The number of ether oxygens (including phenoxy) is 1. The highest BCUT2D eigenvalue weighted by Crippen LogP contribution is 2.34. The van der Waals surface area contributed by atoms with Gasteiger partial charge in [0.1, 0.15) is 23.8 Å². The molecule has 1 aromatic carbocycles. The predicted molar refractivity (Wildman–Crippen MR) is 59.1 cm³/mol. The van der Waals surface area contributed by atoms with Crippen molar-refractivity contribution in [3.63, 3.8) is 0 Å². The minimum atomic E-state index is -1.62. The van der Waals surface area contributed by atoms with Crippen LogP contribution in [0, 0.1) is 11.6 Å². The number of rotatable bonds is 2. The van der Waals surface area contributed by atoms with E-state index in [0.29, 0.717) is 6.07 Å². The lowest BCUT2D eigenvalue weighted by Crippen LogP contribution is -2.54. The standard InChI is InChI=1S/C12H14F2O5/c13-5-1-2-6(7(14)3-5)9-11(17)10(16)8(4-15)19-12(9)18/h1-3,8-12,15-18H,4H2/t8-,9-,10+,11-,12?/m1/s1. The van der Waals surface area contributed by atoms with E-state index in [4.69, 9.17) is 9.84 Å². The van der Waals surface area contributed by atoms with Gasteiger partial charge in [-0.05, 0) is 11.6 Å². The van der Waals surface area contributed by atoms with Crippen molar-refractivity contribution < 1.29 is 33.9 Å². The summed E-state index contributed by atoms with van der Waals surface area (Å²) in [7, 11) is 0. The van der Waals surface area contributed by atoms with Gasteiger partial charge in [0.2, 0.25) is 0 Å². The summed E-state index contributed by atoms with van der Waals surface area (Å²) in [6.45, 7) is -0.603. The molecule has 5 atom stereocenters. The van der Waals surface area contributed by atoms with E-state index in [-0.39, 0.29) is 5.56 Å². The van der Waals surface area contributed by atoms with Crippen molar-refractivity contribution in [3.05, 3.63) is 35.4 Å². The zero-order valence-electron chi connectivity index (χ0n) is 9.78. The van der Waals surface area contributed by atoms with Crippen LogP contribution in [0.3, 0.4) is 0 Å². The Morgan fingerprint density at radius 1 is 1.11 bits per heavy atom. The Morgan fingerprint density at radius 3 is 2.37 bits per heavy atom. The van der Waals surface area contributed by atoms with Crippen LogP contribution in [0.4, 0.5) is 8.78 Å². The first-order valence-electron chi connectivity index (χ1n) is 5.71. The molecule has 1 fully saturated rings. The van der Waals surface area contributed by atoms with Gasteiger partial charge in [-0.25, -0.2) is 8.78 Å². The van der Waals surface area contributed by atoms with Gasteiger partial charge in [-0.15, -0.1) is 0 Å². The molecule has 106 valence electrons. The topological polar surface area (TPSA) is 90.2 Å². The average Bonchev–Trinajstić information content (AvgIpc) is 2.36. The number of aliphatic hydroxyl groups is 4. The fourth-order valence-electron chi connectivity index (χ4n) is 2.21. The molecule has 1 unspecified atom stereocenters. The van der Waals surface area contributed by atoms with Gasteiger partial charge in [-0.3, -0.25) is 0 Å². The van der Waals surface area contributed by atoms with Gasteiger partial charge in [0.15, 0.2) is 6.29 Å². The largest absolute Gasteiger partial charge is 0.394 e. The van der Waals surface area contributed by atoms with Crippen LogP contribution in [0.5, 0.6) is 0 Å². The van der Waals surface area contributed by atoms with Crippen LogP contribution >= 0.6 is 0 Å². The van der Waals surface area contributed by atoms with Crippen molar-refractivity contribution in [1.29, 1.82) is 0 Å². The molecule has 0 aromatic heterocycles. The van der Waals surface area contributed by atoms with Crippen LogP contribution in [-0.4, -0.2) is 51.6 Å². The van der Waals surface area contributed by atoms with Crippen LogP contribution in [0.1, 0.15) is 11.5 Å². The molecule has 1 aliphatic heterocycles. The smallest absolute Gasteiger partial charge is 0.164 e. The summed E-state index contributed by atoms with van der Waals surface area (Å²) in [4.78, 5) is 0. The number of benzene rings is 1. The van der Waals surface area contributed by atoms with Crippen LogP contribution in [0.15, 0.2) is 18.2 Å². The average molecular weight is 276 g/mol. The fraction of sp³-hybridized carbons (Fsp3) is 0.500. The Bertz CT molecular complexity index is 456. The molecule has 1 aliphatic rings. The second-order valence-electron chi connectivity index (χ2n) is 4.42. The molecule has 0 radical (unpaired) electrons. The van der Waals surface area contributed by atoms with E-state index in [0.717, 1.165) is 12.1 Å². The van der Waals surface area contributed by atoms with Gasteiger partial charge in [0.25, 0.3) is 0 Å². The van der Waals surface area contributed by atoms with Crippen molar-refractivity contribution in [2.75, 3.05) is 6.61 Å². The zero-order chi connectivity index (χ0) is 14.2. The first kappa shape index (κ1) is 14.3. The van der Waals surface area contributed by atoms with Crippen molar-refractivity contribution in [1.82, 2.24) is 0 Å². The van der Waals surface area contributed by atoms with Crippen molar-refractivity contribution in [2.45, 2.75) is 30.5 Å². The summed E-state index contributed by atoms with van der Waals surface area (Å²) >= 11 is 0. The van der Waals surface area contributed by atoms with Crippen LogP contribution < -0.4 is 0 Å². The monoisotopic (exact) mass is 276 g/mol. The number of aliphatic hydroxyl groups excluding tert-OH is 4. The molecule has 7 heteroatoms. The Balaban J connectivity index is 2.33. The molecule has 19 heavy (non-hydrogen) atoms. The number of hydrogen-bond acceptors (Lipinski definition) is 5. The highest BCUT2D eigenvalue weighted by Gasteiger charge is 2.45. The molecule has 0 aliphatic carbocycles. The summed E-state index contributed by atoms with van der Waals surface area (Å²) in [5.41, 5.74) is -0.170. The quantitative estimate of drug-likeness (QED) is 0.583. The molecular weight excluding hydrogens is 262 g/mol. The predicted octanol–water partition coefficient (Wildman–Crippen LogP) is -0.520. The second-order valence-corrected chi connectivity index (χ2v) is 4.42. The lowest BCUT2D eigenvalue weighted by molar-refractivity contribution is -0.251. The third-order valence-electron chi connectivity index (χ3n) is 3.22. The van der Waals surface area contributed by atoms with Crippen LogP contribution in [0.25, 0.3) is 0 Å². The summed E-state index contributed by atoms with van der Waals surface area (Å²) < 4.78 is 31.4. The lowest BCUT2D eigenvalue weighted by atomic mass is 9.85. The van der Waals surface area contributed by atoms with E-state index < -0.39 is 48.8 Å². The molecule has 5 nitrogen and oxygen atoms in total. The third kappa shape index (κ3) is 2.60. The number of hydrogen-bond donors (Lipinski definition) is 4. The molecule has 1 aromatic rings. The first-order valence-corrected chi connectivity index (χ1v) is 5.71. The van der Waals surface area contributed by atoms with Crippen molar-refractivity contribution in [3.8, 4) is 0 Å². The lowest BCUT2D eigenvalue weighted by Gasteiger charge is -2.40.